The van der Waals surface area contributed by atoms with E-state index in [1.807, 2.05) is 13.0 Å². The predicted molar refractivity (Wildman–Crippen MR) is 87.2 cm³/mol. The number of ketones is 1. The van der Waals surface area contributed by atoms with Crippen LogP contribution in [0.15, 0.2) is 23.8 Å². The highest BCUT2D eigenvalue weighted by molar-refractivity contribution is 5.92. The fourth-order valence-corrected chi connectivity index (χ4v) is 6.24. The number of carbonyl (C=O) groups is 1. The number of carbonyl (C=O) groups excluding carboxylic acids is 1. The summed E-state index contributed by atoms with van der Waals surface area (Å²) in [5, 5.41) is 10.9. The number of aliphatic hydroxyl groups is 1. The van der Waals surface area contributed by atoms with Crippen LogP contribution in [-0.2, 0) is 4.79 Å². The molecule has 2 saturated carbocycles. The maximum atomic E-state index is 11.8. The van der Waals surface area contributed by atoms with Gasteiger partial charge in [-0.2, -0.15) is 0 Å². The quantitative estimate of drug-likeness (QED) is 0.733. The van der Waals surface area contributed by atoms with Crippen LogP contribution in [0.2, 0.25) is 0 Å². The topological polar surface area (TPSA) is 37.3 Å². The highest BCUT2D eigenvalue weighted by atomic mass is 16.3. The first-order chi connectivity index (χ1) is 10.3. The van der Waals surface area contributed by atoms with Crippen molar-refractivity contribution >= 4 is 5.78 Å². The summed E-state index contributed by atoms with van der Waals surface area (Å²) in [4.78, 5) is 11.8. The first-order valence-corrected chi connectivity index (χ1v) is 8.94. The molecule has 2 nitrogen and oxygen atoms in total. The molecule has 0 aliphatic heterocycles. The van der Waals surface area contributed by atoms with E-state index in [0.29, 0.717) is 30.0 Å². The Balaban J connectivity index is 1.76. The molecule has 0 aromatic heterocycles. The molecule has 4 rings (SSSR count). The Morgan fingerprint density at radius 1 is 1.09 bits per heavy atom. The minimum atomic E-state index is -0.518. The van der Waals surface area contributed by atoms with E-state index in [4.69, 9.17) is 0 Å². The second kappa shape index (κ2) is 4.35. The van der Waals surface area contributed by atoms with E-state index in [1.54, 1.807) is 0 Å². The highest BCUT2D eigenvalue weighted by Gasteiger charge is 2.61. The fourth-order valence-electron chi connectivity index (χ4n) is 6.24. The van der Waals surface area contributed by atoms with Crippen molar-refractivity contribution in [1.82, 2.24) is 0 Å². The molecule has 0 spiro atoms. The summed E-state index contributed by atoms with van der Waals surface area (Å²) in [6.07, 6.45) is 12.6. The van der Waals surface area contributed by atoms with E-state index in [1.165, 1.54) is 12.0 Å². The van der Waals surface area contributed by atoms with Crippen LogP contribution in [0.25, 0.3) is 0 Å². The highest BCUT2D eigenvalue weighted by Crippen LogP contribution is 2.65. The molecule has 0 radical (unpaired) electrons. The van der Waals surface area contributed by atoms with Gasteiger partial charge in [-0.3, -0.25) is 4.79 Å². The van der Waals surface area contributed by atoms with Crippen molar-refractivity contribution in [2.75, 3.05) is 0 Å². The molecule has 4 aliphatic rings. The van der Waals surface area contributed by atoms with Gasteiger partial charge in [-0.1, -0.05) is 26.0 Å². The Morgan fingerprint density at radius 2 is 1.82 bits per heavy atom. The van der Waals surface area contributed by atoms with Crippen molar-refractivity contribution < 1.29 is 9.90 Å². The van der Waals surface area contributed by atoms with Gasteiger partial charge in [0.2, 0.25) is 0 Å². The molecule has 2 heteroatoms. The minimum absolute atomic E-state index is 0.0561. The molecule has 0 amide bonds. The number of hydrogen-bond acceptors (Lipinski definition) is 2. The Morgan fingerprint density at radius 3 is 2.59 bits per heavy atom. The van der Waals surface area contributed by atoms with Crippen molar-refractivity contribution in [1.29, 1.82) is 0 Å². The lowest BCUT2D eigenvalue weighted by atomic mass is 9.48. The van der Waals surface area contributed by atoms with Gasteiger partial charge in [0.05, 0.1) is 5.60 Å². The van der Waals surface area contributed by atoms with Gasteiger partial charge in [0.15, 0.2) is 5.78 Å². The lowest BCUT2D eigenvalue weighted by molar-refractivity contribution is -0.118. The van der Waals surface area contributed by atoms with E-state index in [-0.39, 0.29) is 10.8 Å². The van der Waals surface area contributed by atoms with Crippen LogP contribution in [0.5, 0.6) is 0 Å². The Bertz CT molecular complexity index is 585. The van der Waals surface area contributed by atoms with Crippen LogP contribution < -0.4 is 0 Å². The first kappa shape index (κ1) is 14.7. The lowest BCUT2D eigenvalue weighted by Gasteiger charge is -2.56. The van der Waals surface area contributed by atoms with Gasteiger partial charge in [0.25, 0.3) is 0 Å². The zero-order valence-corrected chi connectivity index (χ0v) is 14.1. The normalized spacial score (nSPS) is 53.5. The molecule has 0 saturated heterocycles. The molecule has 22 heavy (non-hydrogen) atoms. The number of hydrogen-bond donors (Lipinski definition) is 1. The number of rotatable bonds is 0. The molecular formula is C20H28O2. The SMILES string of the molecule is C[C@]12CCC(=O)C=C1C=C[C@@H]1[C@@H]2CC[C@@]2(C)[C@H]1CC[C@@]2(C)O. The standard InChI is InChI=1S/C20H28O2/c1-18-9-6-14(21)12-13(18)4-5-15-16(18)7-10-19(2)17(15)8-11-20(19,3)22/h4-5,12,15-17,22H,6-11H2,1-3H3/t15-,16+,17+,18+,19+,20-/m1/s1. The molecule has 120 valence electrons. The second-order valence-electron chi connectivity index (χ2n) is 8.90. The van der Waals surface area contributed by atoms with E-state index >= 15 is 0 Å². The smallest absolute Gasteiger partial charge is 0.156 e. The van der Waals surface area contributed by atoms with E-state index < -0.39 is 5.60 Å². The maximum Gasteiger partial charge on any atom is 0.156 e. The summed E-state index contributed by atoms with van der Waals surface area (Å²) in [5.41, 5.74) is 0.970. The first-order valence-electron chi connectivity index (χ1n) is 8.94. The second-order valence-corrected chi connectivity index (χ2v) is 8.90. The summed E-state index contributed by atoms with van der Waals surface area (Å²) in [6, 6.07) is 0. The number of fused-ring (bicyclic) bond motifs is 5. The molecule has 0 heterocycles. The van der Waals surface area contributed by atoms with Crippen molar-refractivity contribution in [2.24, 2.45) is 28.6 Å². The zero-order chi connectivity index (χ0) is 15.8. The van der Waals surface area contributed by atoms with Gasteiger partial charge in [0.1, 0.15) is 0 Å². The van der Waals surface area contributed by atoms with Gasteiger partial charge >= 0.3 is 0 Å². The largest absolute Gasteiger partial charge is 0.390 e. The number of allylic oxidation sites excluding steroid dienone is 4. The Kier molecular flexibility index (Phi) is 2.90. The monoisotopic (exact) mass is 300 g/mol. The Labute approximate surface area is 133 Å². The predicted octanol–water partition coefficient (Wildman–Crippen LogP) is 4.05. The molecule has 2 fully saturated rings. The van der Waals surface area contributed by atoms with Crippen LogP contribution in [0, 0.1) is 28.6 Å². The van der Waals surface area contributed by atoms with Crippen LogP contribution >= 0.6 is 0 Å². The molecule has 0 aromatic carbocycles. The van der Waals surface area contributed by atoms with Crippen molar-refractivity contribution in [2.45, 2.75) is 64.9 Å². The fraction of sp³-hybridized carbons (Fsp3) is 0.750. The van der Waals surface area contributed by atoms with E-state index in [9.17, 15) is 9.90 Å². The van der Waals surface area contributed by atoms with Crippen molar-refractivity contribution in [3.63, 3.8) is 0 Å². The molecule has 6 atom stereocenters. The molecule has 0 unspecified atom stereocenters. The summed E-state index contributed by atoms with van der Waals surface area (Å²) in [7, 11) is 0. The van der Waals surface area contributed by atoms with E-state index in [2.05, 4.69) is 26.0 Å². The van der Waals surface area contributed by atoms with Crippen LogP contribution in [0.4, 0.5) is 0 Å². The van der Waals surface area contributed by atoms with Gasteiger partial charge < -0.3 is 5.11 Å². The minimum Gasteiger partial charge on any atom is -0.390 e. The van der Waals surface area contributed by atoms with Gasteiger partial charge in [-0.25, -0.2) is 0 Å². The molecule has 0 bridgehead atoms. The summed E-state index contributed by atoms with van der Waals surface area (Å²) in [6.45, 7) is 6.74. The third kappa shape index (κ3) is 1.68. The third-order valence-electron chi connectivity index (χ3n) is 8.08. The van der Waals surface area contributed by atoms with E-state index in [0.717, 1.165) is 25.7 Å². The average Bonchev–Trinajstić information content (AvgIpc) is 2.70. The molecule has 0 aromatic rings. The Hall–Kier alpha value is -0.890. The maximum absolute atomic E-state index is 11.8. The summed E-state index contributed by atoms with van der Waals surface area (Å²) in [5.74, 6) is 2.10. The van der Waals surface area contributed by atoms with Gasteiger partial charge in [-0.15, -0.1) is 0 Å². The summed E-state index contributed by atoms with van der Waals surface area (Å²) >= 11 is 0. The molecular weight excluding hydrogens is 272 g/mol. The van der Waals surface area contributed by atoms with Gasteiger partial charge in [-0.05, 0) is 79.3 Å². The zero-order valence-electron chi connectivity index (χ0n) is 14.1. The van der Waals surface area contributed by atoms with Gasteiger partial charge in [0, 0.05) is 6.42 Å². The molecule has 1 N–H and O–H groups in total. The van der Waals surface area contributed by atoms with Crippen LogP contribution in [0.1, 0.15) is 59.3 Å². The molecule has 4 aliphatic carbocycles. The lowest BCUT2D eigenvalue weighted by Crippen LogP contribution is -2.52. The van der Waals surface area contributed by atoms with Crippen LogP contribution in [-0.4, -0.2) is 16.5 Å². The average molecular weight is 300 g/mol. The van der Waals surface area contributed by atoms with Crippen molar-refractivity contribution in [3.05, 3.63) is 23.8 Å². The van der Waals surface area contributed by atoms with Crippen molar-refractivity contribution in [3.8, 4) is 0 Å². The van der Waals surface area contributed by atoms with Crippen LogP contribution in [0.3, 0.4) is 0 Å². The summed E-state index contributed by atoms with van der Waals surface area (Å²) < 4.78 is 0. The third-order valence-corrected chi connectivity index (χ3v) is 8.08.